The van der Waals surface area contributed by atoms with Crippen molar-refractivity contribution in [2.45, 2.75) is 36.5 Å². The van der Waals surface area contributed by atoms with E-state index in [9.17, 15) is 18.0 Å². The quantitative estimate of drug-likeness (QED) is 0.741. The van der Waals surface area contributed by atoms with Crippen LogP contribution in [0, 0.1) is 13.8 Å². The molecule has 4 rings (SSSR count). The van der Waals surface area contributed by atoms with E-state index in [1.165, 1.54) is 4.31 Å². The second-order valence-corrected chi connectivity index (χ2v) is 10.6. The van der Waals surface area contributed by atoms with Gasteiger partial charge >= 0.3 is 0 Å². The summed E-state index contributed by atoms with van der Waals surface area (Å²) in [5.41, 5.74) is 1.46. The topological polar surface area (TPSA) is 113 Å². The van der Waals surface area contributed by atoms with Gasteiger partial charge in [-0.05, 0) is 38.5 Å². The van der Waals surface area contributed by atoms with E-state index in [1.807, 2.05) is 6.07 Å². The Bertz CT molecular complexity index is 1110. The van der Waals surface area contributed by atoms with Crippen molar-refractivity contribution < 1.29 is 22.5 Å². The molecule has 2 aliphatic rings. The third-order valence-corrected chi connectivity index (χ3v) is 8.61. The van der Waals surface area contributed by atoms with E-state index in [1.54, 1.807) is 42.6 Å². The number of carbonyl (C=O) groups is 2. The van der Waals surface area contributed by atoms with Gasteiger partial charge in [-0.3, -0.25) is 9.59 Å². The molecule has 1 saturated heterocycles. The number of thioether (sulfide) groups is 1. The molecule has 1 N–H and O–H groups in total. The summed E-state index contributed by atoms with van der Waals surface area (Å²) in [5.74, 6) is 0.724. The molecule has 1 aromatic carbocycles. The molecule has 2 amide bonds. The zero-order chi connectivity index (χ0) is 22.2. The number of carbonyl (C=O) groups excluding carboxylic acids is 2. The first-order valence-corrected chi connectivity index (χ1v) is 12.5. The van der Waals surface area contributed by atoms with Crippen molar-refractivity contribution in [3.63, 3.8) is 0 Å². The fraction of sp³-hybridized carbons (Fsp3) is 0.450. The monoisotopic (exact) mass is 464 g/mol. The first kappa shape index (κ1) is 21.8. The number of nitrogens with zero attached hydrogens (tertiary/aromatic N) is 3. The normalized spacial score (nSPS) is 18.1. The first-order chi connectivity index (χ1) is 14.8. The second kappa shape index (κ2) is 8.64. The van der Waals surface area contributed by atoms with E-state index in [-0.39, 0.29) is 35.6 Å². The number of nitrogens with one attached hydrogen (secondary N) is 1. The summed E-state index contributed by atoms with van der Waals surface area (Å²) in [6.07, 6.45) is 0.954. The molecule has 2 aromatic rings. The second-order valence-electron chi connectivity index (χ2n) is 7.56. The maximum Gasteiger partial charge on any atom is 0.253 e. The highest BCUT2D eigenvalue weighted by atomic mass is 32.2. The Balaban J connectivity index is 1.50. The lowest BCUT2D eigenvalue weighted by molar-refractivity contribution is -0.115. The Labute approximate surface area is 185 Å². The lowest BCUT2D eigenvalue weighted by atomic mass is 10.1. The SMILES string of the molecule is Cc1noc(C)c1S(=O)(=O)N1CCCN(C(=O)c2ccc3c(c2)NC(=O)CCS3)CC1. The van der Waals surface area contributed by atoms with Crippen LogP contribution in [0.5, 0.6) is 0 Å². The van der Waals surface area contributed by atoms with Crippen molar-refractivity contribution >= 4 is 39.3 Å². The van der Waals surface area contributed by atoms with Crippen LogP contribution >= 0.6 is 11.8 Å². The molecule has 0 atom stereocenters. The van der Waals surface area contributed by atoms with Gasteiger partial charge in [-0.15, -0.1) is 11.8 Å². The Morgan fingerprint density at radius 2 is 2.00 bits per heavy atom. The van der Waals surface area contributed by atoms with E-state index in [4.69, 9.17) is 4.52 Å². The highest BCUT2D eigenvalue weighted by Crippen LogP contribution is 2.32. The van der Waals surface area contributed by atoms with Gasteiger partial charge < -0.3 is 14.7 Å². The molecule has 3 heterocycles. The number of benzene rings is 1. The van der Waals surface area contributed by atoms with Gasteiger partial charge in [-0.25, -0.2) is 8.42 Å². The van der Waals surface area contributed by atoms with Crippen LogP contribution in [0.4, 0.5) is 5.69 Å². The van der Waals surface area contributed by atoms with E-state index >= 15 is 0 Å². The molecule has 0 aliphatic carbocycles. The highest BCUT2D eigenvalue weighted by molar-refractivity contribution is 7.99. The summed E-state index contributed by atoms with van der Waals surface area (Å²) in [6, 6.07) is 5.32. The molecular formula is C20H24N4O5S2. The molecule has 0 spiro atoms. The fourth-order valence-corrected chi connectivity index (χ4v) is 6.54. The molecule has 9 nitrogen and oxygen atoms in total. The highest BCUT2D eigenvalue weighted by Gasteiger charge is 2.33. The van der Waals surface area contributed by atoms with Crippen LogP contribution in [-0.2, 0) is 14.8 Å². The number of aryl methyl sites for hydroxylation is 2. The Morgan fingerprint density at radius 1 is 1.19 bits per heavy atom. The smallest absolute Gasteiger partial charge is 0.253 e. The fourth-order valence-electron chi connectivity index (χ4n) is 3.84. The summed E-state index contributed by atoms with van der Waals surface area (Å²) < 4.78 is 32.6. The number of hydrogen-bond acceptors (Lipinski definition) is 7. The van der Waals surface area contributed by atoms with Gasteiger partial charge in [0.15, 0.2) is 5.76 Å². The van der Waals surface area contributed by atoms with Crippen LogP contribution < -0.4 is 5.32 Å². The lowest BCUT2D eigenvalue weighted by Crippen LogP contribution is -2.37. The predicted molar refractivity (Wildman–Crippen MR) is 116 cm³/mol. The molecular weight excluding hydrogens is 440 g/mol. The maximum atomic E-state index is 13.1. The summed E-state index contributed by atoms with van der Waals surface area (Å²) in [6.45, 7) is 4.41. The average molecular weight is 465 g/mol. The zero-order valence-corrected chi connectivity index (χ0v) is 19.0. The Kier molecular flexibility index (Phi) is 6.09. The van der Waals surface area contributed by atoms with Crippen molar-refractivity contribution in [2.24, 2.45) is 0 Å². The van der Waals surface area contributed by atoms with Crippen molar-refractivity contribution in [1.82, 2.24) is 14.4 Å². The molecule has 1 fully saturated rings. The molecule has 11 heteroatoms. The summed E-state index contributed by atoms with van der Waals surface area (Å²) in [5, 5.41) is 6.61. The molecule has 31 heavy (non-hydrogen) atoms. The standard InChI is InChI=1S/C20H24N4O5S2/c1-13-19(14(2)29-22-13)31(27,28)24-8-3-7-23(9-10-24)20(26)15-4-5-17-16(12-15)21-18(25)6-11-30-17/h4-5,12H,3,6-11H2,1-2H3,(H,21,25). The predicted octanol–water partition coefficient (Wildman–Crippen LogP) is 2.26. The van der Waals surface area contributed by atoms with Crippen LogP contribution in [0.15, 0.2) is 32.5 Å². The minimum absolute atomic E-state index is 0.0641. The number of aromatic nitrogens is 1. The van der Waals surface area contributed by atoms with Gasteiger partial charge in [-0.1, -0.05) is 5.16 Å². The third kappa shape index (κ3) is 4.35. The summed E-state index contributed by atoms with van der Waals surface area (Å²) in [7, 11) is -3.75. The molecule has 0 radical (unpaired) electrons. The van der Waals surface area contributed by atoms with Gasteiger partial charge in [-0.2, -0.15) is 4.31 Å². The van der Waals surface area contributed by atoms with Crippen LogP contribution in [0.1, 0.15) is 34.7 Å². The van der Waals surface area contributed by atoms with E-state index < -0.39 is 10.0 Å². The molecule has 0 bridgehead atoms. The number of rotatable bonds is 3. The summed E-state index contributed by atoms with van der Waals surface area (Å²) in [4.78, 5) is 27.7. The molecule has 0 unspecified atom stereocenters. The number of amides is 2. The summed E-state index contributed by atoms with van der Waals surface area (Å²) >= 11 is 1.58. The lowest BCUT2D eigenvalue weighted by Gasteiger charge is -2.22. The van der Waals surface area contributed by atoms with Crippen LogP contribution in [0.25, 0.3) is 0 Å². The Hall–Kier alpha value is -2.37. The maximum absolute atomic E-state index is 13.1. The van der Waals surface area contributed by atoms with Gasteiger partial charge in [0.2, 0.25) is 15.9 Å². The van der Waals surface area contributed by atoms with Gasteiger partial charge in [0.05, 0.1) is 5.69 Å². The molecule has 166 valence electrons. The minimum atomic E-state index is -3.75. The van der Waals surface area contributed by atoms with E-state index in [0.717, 1.165) is 4.90 Å². The van der Waals surface area contributed by atoms with Crippen LogP contribution in [-0.4, -0.2) is 66.5 Å². The van der Waals surface area contributed by atoms with Gasteiger partial charge in [0.25, 0.3) is 5.91 Å². The number of anilines is 1. The number of sulfonamides is 1. The van der Waals surface area contributed by atoms with Crippen molar-refractivity contribution in [3.05, 3.63) is 35.2 Å². The van der Waals surface area contributed by atoms with E-state index in [0.29, 0.717) is 48.6 Å². The van der Waals surface area contributed by atoms with Crippen molar-refractivity contribution in [3.8, 4) is 0 Å². The molecule has 0 saturated carbocycles. The van der Waals surface area contributed by atoms with Crippen LogP contribution in [0.3, 0.4) is 0 Å². The zero-order valence-electron chi connectivity index (χ0n) is 17.4. The van der Waals surface area contributed by atoms with Crippen molar-refractivity contribution in [1.29, 1.82) is 0 Å². The third-order valence-electron chi connectivity index (χ3n) is 5.40. The Morgan fingerprint density at radius 3 is 2.74 bits per heavy atom. The largest absolute Gasteiger partial charge is 0.360 e. The minimum Gasteiger partial charge on any atom is -0.360 e. The van der Waals surface area contributed by atoms with Gasteiger partial charge in [0.1, 0.15) is 10.6 Å². The van der Waals surface area contributed by atoms with E-state index in [2.05, 4.69) is 10.5 Å². The van der Waals surface area contributed by atoms with Crippen LogP contribution in [0.2, 0.25) is 0 Å². The van der Waals surface area contributed by atoms with Crippen molar-refractivity contribution in [2.75, 3.05) is 37.2 Å². The first-order valence-electron chi connectivity index (χ1n) is 10.1. The average Bonchev–Trinajstić information content (AvgIpc) is 2.92. The number of fused-ring (bicyclic) bond motifs is 1. The van der Waals surface area contributed by atoms with Gasteiger partial charge in [0, 0.05) is 48.8 Å². The number of hydrogen-bond donors (Lipinski definition) is 1. The molecule has 1 aromatic heterocycles. The molecule has 2 aliphatic heterocycles.